The molecule has 0 bridgehead atoms. The summed E-state index contributed by atoms with van der Waals surface area (Å²) in [5, 5.41) is 2.12. The number of rotatable bonds is 8. The quantitative estimate of drug-likeness (QED) is 0.766. The van der Waals surface area contributed by atoms with Crippen LogP contribution in [0.2, 0.25) is 0 Å². The van der Waals surface area contributed by atoms with E-state index in [9.17, 15) is 9.59 Å². The molecule has 0 aromatic heterocycles. The number of imide groups is 1. The Morgan fingerprint density at radius 2 is 2.00 bits per heavy atom. The van der Waals surface area contributed by atoms with Gasteiger partial charge >= 0.3 is 6.03 Å². The van der Waals surface area contributed by atoms with Crippen molar-refractivity contribution in [3.63, 3.8) is 0 Å². The molecule has 1 saturated carbocycles. The number of nitrogens with two attached hydrogens (primary N) is 1. The van der Waals surface area contributed by atoms with Crippen molar-refractivity contribution in [2.24, 2.45) is 11.7 Å². The molecule has 3 N–H and O–H groups in total. The van der Waals surface area contributed by atoms with Gasteiger partial charge in [0.25, 0.3) is 0 Å². The lowest BCUT2D eigenvalue weighted by Crippen LogP contribution is -2.40. The molecule has 1 atom stereocenters. The summed E-state index contributed by atoms with van der Waals surface area (Å²) in [4.78, 5) is 24.7. The molecule has 0 unspecified atom stereocenters. The Labute approximate surface area is 137 Å². The van der Waals surface area contributed by atoms with E-state index in [2.05, 4.69) is 17.1 Å². The van der Waals surface area contributed by atoms with E-state index < -0.39 is 6.03 Å². The average Bonchev–Trinajstić information content (AvgIpc) is 3.35. The molecule has 6 heteroatoms. The summed E-state index contributed by atoms with van der Waals surface area (Å²) in [5.41, 5.74) is 6.15. The second-order valence-electron chi connectivity index (χ2n) is 6.06. The van der Waals surface area contributed by atoms with Gasteiger partial charge in [0.15, 0.2) is 0 Å². The van der Waals surface area contributed by atoms with E-state index in [-0.39, 0.29) is 12.3 Å². The van der Waals surface area contributed by atoms with Crippen LogP contribution in [0.1, 0.15) is 31.7 Å². The van der Waals surface area contributed by atoms with Crippen molar-refractivity contribution in [2.45, 2.75) is 38.8 Å². The van der Waals surface area contributed by atoms with Crippen LogP contribution in [0.5, 0.6) is 5.75 Å². The van der Waals surface area contributed by atoms with E-state index in [1.165, 1.54) is 18.4 Å². The predicted molar refractivity (Wildman–Crippen MR) is 87.9 cm³/mol. The fourth-order valence-corrected chi connectivity index (χ4v) is 2.71. The summed E-state index contributed by atoms with van der Waals surface area (Å²) in [6.07, 6.45) is 2.75. The first-order chi connectivity index (χ1) is 11.0. The number of nitrogens with zero attached hydrogens (tertiary/aromatic N) is 1. The molecule has 0 aliphatic heterocycles. The van der Waals surface area contributed by atoms with E-state index in [0.29, 0.717) is 18.5 Å². The molecule has 1 aromatic rings. The third-order valence-corrected chi connectivity index (χ3v) is 4.31. The zero-order valence-corrected chi connectivity index (χ0v) is 13.7. The molecule has 126 valence electrons. The molecule has 2 rings (SSSR count). The third-order valence-electron chi connectivity index (χ3n) is 4.31. The predicted octanol–water partition coefficient (Wildman–Crippen LogP) is 1.88. The largest absolute Gasteiger partial charge is 0.497 e. The van der Waals surface area contributed by atoms with E-state index in [1.807, 2.05) is 24.3 Å². The minimum absolute atomic E-state index is 0.260. The number of primary amides is 1. The molecule has 23 heavy (non-hydrogen) atoms. The number of urea groups is 1. The average molecular weight is 319 g/mol. The van der Waals surface area contributed by atoms with Crippen molar-refractivity contribution in [1.29, 1.82) is 0 Å². The maximum Gasteiger partial charge on any atom is 0.318 e. The first-order valence-corrected chi connectivity index (χ1v) is 7.96. The molecule has 0 spiro atoms. The maximum atomic E-state index is 11.6. The Bertz CT molecular complexity index is 541. The molecule has 6 nitrogen and oxygen atoms in total. The van der Waals surface area contributed by atoms with Gasteiger partial charge in [0.1, 0.15) is 5.75 Å². The molecule has 1 aliphatic rings. The molecule has 1 aliphatic carbocycles. The van der Waals surface area contributed by atoms with Gasteiger partial charge in [-0.2, -0.15) is 0 Å². The highest BCUT2D eigenvalue weighted by atomic mass is 16.5. The van der Waals surface area contributed by atoms with Crippen LogP contribution < -0.4 is 15.8 Å². The van der Waals surface area contributed by atoms with Crippen LogP contribution in [0.3, 0.4) is 0 Å². The standard InChI is InChI=1S/C17H25N3O3/c1-12(14-5-6-14)20(10-9-16(21)19-17(18)22)11-13-3-7-15(23-2)8-4-13/h3-4,7-8,12,14H,5-6,9-11H2,1-2H3,(H3,18,19,21,22)/t12-/m0/s1. The number of nitrogens with one attached hydrogen (secondary N) is 1. The highest BCUT2D eigenvalue weighted by Crippen LogP contribution is 2.35. The van der Waals surface area contributed by atoms with Gasteiger partial charge in [0.05, 0.1) is 7.11 Å². The van der Waals surface area contributed by atoms with Crippen LogP contribution in [0, 0.1) is 5.92 Å². The van der Waals surface area contributed by atoms with Gasteiger partial charge in [-0.1, -0.05) is 12.1 Å². The van der Waals surface area contributed by atoms with E-state index in [1.54, 1.807) is 7.11 Å². The van der Waals surface area contributed by atoms with Gasteiger partial charge in [-0.3, -0.25) is 15.0 Å². The monoisotopic (exact) mass is 319 g/mol. The van der Waals surface area contributed by atoms with Crippen LogP contribution in [-0.4, -0.2) is 36.5 Å². The first kappa shape index (κ1) is 17.3. The van der Waals surface area contributed by atoms with Crippen LogP contribution >= 0.6 is 0 Å². The Balaban J connectivity index is 1.95. The molecule has 1 fully saturated rings. The van der Waals surface area contributed by atoms with E-state index >= 15 is 0 Å². The lowest BCUT2D eigenvalue weighted by molar-refractivity contribution is -0.120. The van der Waals surface area contributed by atoms with Crippen molar-refractivity contribution in [3.05, 3.63) is 29.8 Å². The molecule has 3 amide bonds. The van der Waals surface area contributed by atoms with Gasteiger partial charge in [-0.25, -0.2) is 4.79 Å². The molecule has 0 heterocycles. The Morgan fingerprint density at radius 3 is 2.52 bits per heavy atom. The number of amides is 3. The highest BCUT2D eigenvalue weighted by molar-refractivity contribution is 5.93. The Morgan fingerprint density at radius 1 is 1.35 bits per heavy atom. The van der Waals surface area contributed by atoms with Crippen LogP contribution in [0.25, 0.3) is 0 Å². The normalized spacial score (nSPS) is 15.3. The summed E-state index contributed by atoms with van der Waals surface area (Å²) in [6, 6.07) is 7.57. The number of carbonyl (C=O) groups is 2. The second-order valence-corrected chi connectivity index (χ2v) is 6.06. The number of benzene rings is 1. The molecule has 0 saturated heterocycles. The topological polar surface area (TPSA) is 84.7 Å². The highest BCUT2D eigenvalue weighted by Gasteiger charge is 2.32. The van der Waals surface area contributed by atoms with Crippen LogP contribution in [0.15, 0.2) is 24.3 Å². The second kappa shape index (κ2) is 7.97. The van der Waals surface area contributed by atoms with Crippen molar-refractivity contribution in [3.8, 4) is 5.75 Å². The maximum absolute atomic E-state index is 11.6. The zero-order valence-electron chi connectivity index (χ0n) is 13.7. The summed E-state index contributed by atoms with van der Waals surface area (Å²) >= 11 is 0. The number of carbonyl (C=O) groups excluding carboxylic acids is 2. The van der Waals surface area contributed by atoms with E-state index in [4.69, 9.17) is 10.5 Å². The fourth-order valence-electron chi connectivity index (χ4n) is 2.71. The number of ether oxygens (including phenoxy) is 1. The Hall–Kier alpha value is -2.08. The number of hydrogen-bond donors (Lipinski definition) is 2. The third kappa shape index (κ3) is 5.56. The van der Waals surface area contributed by atoms with Gasteiger partial charge in [-0.05, 0) is 43.4 Å². The first-order valence-electron chi connectivity index (χ1n) is 7.96. The van der Waals surface area contributed by atoms with Gasteiger partial charge in [0, 0.05) is 25.6 Å². The van der Waals surface area contributed by atoms with Crippen molar-refractivity contribution >= 4 is 11.9 Å². The molecule has 1 aromatic carbocycles. The van der Waals surface area contributed by atoms with Crippen molar-refractivity contribution < 1.29 is 14.3 Å². The molecule has 0 radical (unpaired) electrons. The fraction of sp³-hybridized carbons (Fsp3) is 0.529. The minimum Gasteiger partial charge on any atom is -0.497 e. The SMILES string of the molecule is COc1ccc(CN(CCC(=O)NC(N)=O)[C@@H](C)C2CC2)cc1. The lowest BCUT2D eigenvalue weighted by atomic mass is 10.1. The summed E-state index contributed by atoms with van der Waals surface area (Å²) in [6.45, 7) is 3.57. The van der Waals surface area contributed by atoms with Gasteiger partial charge in [0.2, 0.25) is 5.91 Å². The van der Waals surface area contributed by atoms with Gasteiger partial charge < -0.3 is 10.5 Å². The Kier molecular flexibility index (Phi) is 5.98. The minimum atomic E-state index is -0.799. The summed E-state index contributed by atoms with van der Waals surface area (Å²) in [7, 11) is 1.65. The summed E-state index contributed by atoms with van der Waals surface area (Å²) < 4.78 is 5.18. The van der Waals surface area contributed by atoms with Crippen LogP contribution in [-0.2, 0) is 11.3 Å². The lowest BCUT2D eigenvalue weighted by Gasteiger charge is -2.29. The van der Waals surface area contributed by atoms with Crippen LogP contribution in [0.4, 0.5) is 4.79 Å². The molecular formula is C17H25N3O3. The number of hydrogen-bond acceptors (Lipinski definition) is 4. The van der Waals surface area contributed by atoms with E-state index in [0.717, 1.165) is 12.3 Å². The number of methoxy groups -OCH3 is 1. The van der Waals surface area contributed by atoms with Gasteiger partial charge in [-0.15, -0.1) is 0 Å². The molecular weight excluding hydrogens is 294 g/mol. The van der Waals surface area contributed by atoms with Crippen molar-refractivity contribution in [1.82, 2.24) is 10.2 Å². The zero-order chi connectivity index (χ0) is 16.8. The van der Waals surface area contributed by atoms with Crippen molar-refractivity contribution in [2.75, 3.05) is 13.7 Å². The summed E-state index contributed by atoms with van der Waals surface area (Å²) in [5.74, 6) is 1.20. The smallest absolute Gasteiger partial charge is 0.318 e.